The molecule has 0 aliphatic heterocycles. The Labute approximate surface area is 120 Å². The summed E-state index contributed by atoms with van der Waals surface area (Å²) in [4.78, 5) is 21.9. The smallest absolute Gasteiger partial charge is 0.290 e. The van der Waals surface area contributed by atoms with Crippen molar-refractivity contribution in [3.8, 4) is 0 Å². The van der Waals surface area contributed by atoms with Gasteiger partial charge in [-0.2, -0.15) is 0 Å². The number of rotatable bonds is 6. The Morgan fingerprint density at radius 3 is 2.29 bits per heavy atom. The molecule has 2 aromatic carbocycles. The predicted octanol–water partition coefficient (Wildman–Crippen LogP) is 2.24. The molecule has 5 nitrogen and oxygen atoms in total. The van der Waals surface area contributed by atoms with Crippen molar-refractivity contribution in [2.45, 2.75) is 12.1 Å². The Morgan fingerprint density at radius 2 is 1.76 bits per heavy atom. The Balaban J connectivity index is 2.49. The normalized spacial score (nSPS) is 13.2. The van der Waals surface area contributed by atoms with Gasteiger partial charge in [-0.05, 0) is 29.8 Å². The first-order valence-electron chi connectivity index (χ1n) is 6.24. The van der Waals surface area contributed by atoms with Gasteiger partial charge in [0.1, 0.15) is 5.82 Å². The van der Waals surface area contributed by atoms with Crippen LogP contribution in [0.1, 0.15) is 11.1 Å². The summed E-state index contributed by atoms with van der Waals surface area (Å²) >= 11 is 0. The van der Waals surface area contributed by atoms with E-state index in [1.54, 1.807) is 30.3 Å². The van der Waals surface area contributed by atoms with Crippen LogP contribution in [-0.4, -0.2) is 11.3 Å². The number of hydrogen-bond acceptors (Lipinski definition) is 3. The zero-order valence-corrected chi connectivity index (χ0v) is 11.0. The fraction of sp³-hybridized carbons (Fsp3) is 0.133. The lowest BCUT2D eigenvalue weighted by Gasteiger charge is -2.25. The van der Waals surface area contributed by atoms with Crippen LogP contribution in [0.2, 0.25) is 0 Å². The summed E-state index contributed by atoms with van der Waals surface area (Å²) in [6.07, 6.45) is 0.250. The molecule has 0 saturated heterocycles. The van der Waals surface area contributed by atoms with E-state index in [2.05, 4.69) is 5.32 Å². The Hall–Kier alpha value is -2.76. The molecule has 2 rings (SSSR count). The minimum absolute atomic E-state index is 0.0365. The Kier molecular flexibility index (Phi) is 4.27. The molecule has 0 fully saturated rings. The van der Waals surface area contributed by atoms with E-state index < -0.39 is 16.4 Å². The number of amides is 1. The summed E-state index contributed by atoms with van der Waals surface area (Å²) in [6.45, 7) is 0. The first-order chi connectivity index (χ1) is 10.1. The summed E-state index contributed by atoms with van der Waals surface area (Å²) in [5.74, 6) is -0.498. The molecule has 0 spiro atoms. The molecule has 0 heterocycles. The van der Waals surface area contributed by atoms with Gasteiger partial charge in [-0.25, -0.2) is 4.39 Å². The third kappa shape index (κ3) is 3.05. The van der Waals surface area contributed by atoms with Crippen molar-refractivity contribution in [3.05, 3.63) is 81.7 Å². The SMILES string of the molecule is O=CNC(Cc1ccccc1)(c1ccc(F)cc1)[N+](=O)[O-]. The van der Waals surface area contributed by atoms with Gasteiger partial charge in [0.25, 0.3) is 0 Å². The number of nitro groups is 1. The standard InChI is InChI=1S/C15H13FN2O3/c16-14-8-6-13(7-9-14)15(17-11-19,18(20)21)10-12-4-2-1-3-5-12/h1-9,11H,10H2,(H,17,19). The molecule has 0 bridgehead atoms. The van der Waals surface area contributed by atoms with Crippen LogP contribution in [-0.2, 0) is 16.9 Å². The van der Waals surface area contributed by atoms with E-state index in [0.29, 0.717) is 5.56 Å². The van der Waals surface area contributed by atoms with Crippen molar-refractivity contribution < 1.29 is 14.1 Å². The quantitative estimate of drug-likeness (QED) is 0.383. The average Bonchev–Trinajstić information content (AvgIpc) is 2.48. The van der Waals surface area contributed by atoms with Gasteiger partial charge in [0, 0.05) is 0 Å². The minimum atomic E-state index is -1.82. The second-order valence-corrected chi connectivity index (χ2v) is 4.55. The fourth-order valence-electron chi connectivity index (χ4n) is 2.17. The van der Waals surface area contributed by atoms with Gasteiger partial charge >= 0.3 is 5.66 Å². The van der Waals surface area contributed by atoms with Crippen LogP contribution in [0.3, 0.4) is 0 Å². The number of hydrogen-bond donors (Lipinski definition) is 1. The van der Waals surface area contributed by atoms with Crippen LogP contribution < -0.4 is 5.32 Å². The van der Waals surface area contributed by atoms with E-state index in [-0.39, 0.29) is 18.4 Å². The molecule has 1 amide bonds. The van der Waals surface area contributed by atoms with Gasteiger partial charge in [0.05, 0.1) is 16.9 Å². The van der Waals surface area contributed by atoms with Gasteiger partial charge in [-0.15, -0.1) is 0 Å². The topological polar surface area (TPSA) is 72.2 Å². The number of benzene rings is 2. The minimum Gasteiger partial charge on any atom is -0.290 e. The van der Waals surface area contributed by atoms with Crippen molar-refractivity contribution in [1.29, 1.82) is 0 Å². The zero-order valence-electron chi connectivity index (χ0n) is 11.0. The molecule has 0 aliphatic carbocycles. The molecule has 0 saturated carbocycles. The number of carbonyl (C=O) groups is 1. The lowest BCUT2D eigenvalue weighted by Crippen LogP contribution is -2.50. The molecule has 0 aliphatic rings. The van der Waals surface area contributed by atoms with Gasteiger partial charge in [0.2, 0.25) is 6.41 Å². The van der Waals surface area contributed by atoms with Crippen molar-refractivity contribution in [3.63, 3.8) is 0 Å². The molecule has 1 atom stereocenters. The molecule has 0 aromatic heterocycles. The van der Waals surface area contributed by atoms with Gasteiger partial charge in [0.15, 0.2) is 0 Å². The second kappa shape index (κ2) is 6.13. The monoisotopic (exact) mass is 288 g/mol. The molecular weight excluding hydrogens is 275 g/mol. The predicted molar refractivity (Wildman–Crippen MR) is 74.4 cm³/mol. The maximum absolute atomic E-state index is 13.0. The number of carbonyl (C=O) groups excluding carboxylic acids is 1. The highest BCUT2D eigenvalue weighted by Gasteiger charge is 2.44. The lowest BCUT2D eigenvalue weighted by atomic mass is 9.92. The van der Waals surface area contributed by atoms with E-state index in [4.69, 9.17) is 0 Å². The summed E-state index contributed by atoms with van der Waals surface area (Å²) in [5, 5.41) is 13.9. The lowest BCUT2D eigenvalue weighted by molar-refractivity contribution is -0.585. The largest absolute Gasteiger partial charge is 0.325 e. The molecule has 21 heavy (non-hydrogen) atoms. The molecule has 1 N–H and O–H groups in total. The summed E-state index contributed by atoms with van der Waals surface area (Å²) < 4.78 is 13.0. The fourth-order valence-corrected chi connectivity index (χ4v) is 2.17. The zero-order chi connectivity index (χ0) is 15.3. The van der Waals surface area contributed by atoms with E-state index >= 15 is 0 Å². The van der Waals surface area contributed by atoms with Crippen LogP contribution >= 0.6 is 0 Å². The third-order valence-electron chi connectivity index (χ3n) is 3.23. The second-order valence-electron chi connectivity index (χ2n) is 4.55. The number of nitrogens with zero attached hydrogens (tertiary/aromatic N) is 1. The van der Waals surface area contributed by atoms with Crippen LogP contribution in [0.5, 0.6) is 0 Å². The highest BCUT2D eigenvalue weighted by Crippen LogP contribution is 2.26. The maximum Gasteiger partial charge on any atom is 0.325 e. The maximum atomic E-state index is 13.0. The molecular formula is C15H13FN2O3. The van der Waals surface area contributed by atoms with Gasteiger partial charge < -0.3 is 0 Å². The van der Waals surface area contributed by atoms with Crippen LogP contribution in [0.15, 0.2) is 54.6 Å². The summed E-state index contributed by atoms with van der Waals surface area (Å²) in [5.41, 5.74) is -0.922. The van der Waals surface area contributed by atoms with E-state index in [0.717, 1.165) is 12.1 Å². The van der Waals surface area contributed by atoms with Crippen molar-refractivity contribution in [1.82, 2.24) is 5.32 Å². The third-order valence-corrected chi connectivity index (χ3v) is 3.23. The van der Waals surface area contributed by atoms with E-state index in [1.807, 2.05) is 0 Å². The number of halogens is 1. The van der Waals surface area contributed by atoms with E-state index in [9.17, 15) is 19.3 Å². The molecule has 1 unspecified atom stereocenters. The highest BCUT2D eigenvalue weighted by atomic mass is 19.1. The Morgan fingerprint density at radius 1 is 1.14 bits per heavy atom. The van der Waals surface area contributed by atoms with Crippen LogP contribution in [0, 0.1) is 15.9 Å². The Bertz CT molecular complexity index is 631. The molecule has 108 valence electrons. The van der Waals surface area contributed by atoms with Crippen LogP contribution in [0.4, 0.5) is 4.39 Å². The van der Waals surface area contributed by atoms with Crippen LogP contribution in [0.25, 0.3) is 0 Å². The van der Waals surface area contributed by atoms with Gasteiger partial charge in [-0.3, -0.25) is 20.2 Å². The average molecular weight is 288 g/mol. The first kappa shape index (κ1) is 14.6. The van der Waals surface area contributed by atoms with Crippen molar-refractivity contribution in [2.75, 3.05) is 0 Å². The number of nitrogens with one attached hydrogen (secondary N) is 1. The summed E-state index contributed by atoms with van der Waals surface area (Å²) in [6, 6.07) is 13.6. The highest BCUT2D eigenvalue weighted by molar-refractivity contribution is 5.49. The van der Waals surface area contributed by atoms with Crippen molar-refractivity contribution in [2.24, 2.45) is 0 Å². The molecule has 6 heteroatoms. The van der Waals surface area contributed by atoms with Crippen molar-refractivity contribution >= 4 is 6.41 Å². The summed E-state index contributed by atoms with van der Waals surface area (Å²) in [7, 11) is 0. The molecule has 0 radical (unpaired) electrons. The molecule has 2 aromatic rings. The first-order valence-corrected chi connectivity index (χ1v) is 6.24. The van der Waals surface area contributed by atoms with E-state index in [1.165, 1.54) is 12.1 Å². The van der Waals surface area contributed by atoms with Gasteiger partial charge in [-0.1, -0.05) is 30.3 Å².